The van der Waals surface area contributed by atoms with Crippen LogP contribution in [-0.4, -0.2) is 32.3 Å². The third-order valence-electron chi connectivity index (χ3n) is 3.01. The average Bonchev–Trinajstić information content (AvgIpc) is 2.89. The van der Waals surface area contributed by atoms with Gasteiger partial charge in [-0.2, -0.15) is 0 Å². The SMILES string of the molecule is CSc1ccccc1-n1nnc2cc(C(=O)O)ccc21. The number of thioether (sulfide) groups is 1. The summed E-state index contributed by atoms with van der Waals surface area (Å²) in [5.41, 5.74) is 2.51. The molecule has 0 fully saturated rings. The van der Waals surface area contributed by atoms with E-state index in [4.69, 9.17) is 5.11 Å². The van der Waals surface area contributed by atoms with Crippen LogP contribution in [0.1, 0.15) is 10.4 Å². The van der Waals surface area contributed by atoms with E-state index in [-0.39, 0.29) is 5.56 Å². The fraction of sp³-hybridized carbons (Fsp3) is 0.0714. The summed E-state index contributed by atoms with van der Waals surface area (Å²) in [6.45, 7) is 0. The Bertz CT molecular complexity index is 798. The van der Waals surface area contributed by atoms with Crippen molar-refractivity contribution >= 4 is 28.8 Å². The molecule has 0 atom stereocenters. The Morgan fingerprint density at radius 2 is 2.05 bits per heavy atom. The van der Waals surface area contributed by atoms with Gasteiger partial charge in [-0.05, 0) is 36.6 Å². The van der Waals surface area contributed by atoms with Crippen molar-refractivity contribution in [2.24, 2.45) is 0 Å². The number of fused-ring (bicyclic) bond motifs is 1. The molecule has 3 aromatic rings. The number of nitrogens with zero attached hydrogens (tertiary/aromatic N) is 3. The van der Waals surface area contributed by atoms with Gasteiger partial charge in [-0.3, -0.25) is 0 Å². The van der Waals surface area contributed by atoms with Crippen LogP contribution >= 0.6 is 11.8 Å². The maximum absolute atomic E-state index is 11.0. The Hall–Kier alpha value is -2.34. The van der Waals surface area contributed by atoms with Crippen LogP contribution in [0.5, 0.6) is 0 Å². The molecule has 0 saturated carbocycles. The fourth-order valence-electron chi connectivity index (χ4n) is 2.04. The van der Waals surface area contributed by atoms with E-state index in [1.807, 2.05) is 30.5 Å². The summed E-state index contributed by atoms with van der Waals surface area (Å²) < 4.78 is 1.73. The number of aromatic nitrogens is 3. The van der Waals surface area contributed by atoms with E-state index in [0.717, 1.165) is 16.1 Å². The summed E-state index contributed by atoms with van der Waals surface area (Å²) in [5.74, 6) is -0.967. The average molecular weight is 285 g/mol. The van der Waals surface area contributed by atoms with E-state index in [0.29, 0.717) is 5.52 Å². The highest BCUT2D eigenvalue weighted by molar-refractivity contribution is 7.98. The first kappa shape index (κ1) is 12.7. The highest BCUT2D eigenvalue weighted by Crippen LogP contribution is 2.26. The normalized spacial score (nSPS) is 10.8. The van der Waals surface area contributed by atoms with Crippen molar-refractivity contribution in [3.05, 3.63) is 48.0 Å². The zero-order chi connectivity index (χ0) is 14.1. The van der Waals surface area contributed by atoms with Crippen LogP contribution < -0.4 is 0 Å². The number of carboxylic acid groups (broad SMARTS) is 1. The van der Waals surface area contributed by atoms with Gasteiger partial charge in [0.2, 0.25) is 0 Å². The molecule has 0 bridgehead atoms. The van der Waals surface area contributed by atoms with E-state index in [1.54, 1.807) is 28.6 Å². The molecule has 0 aliphatic rings. The van der Waals surface area contributed by atoms with Crippen molar-refractivity contribution < 1.29 is 9.90 Å². The van der Waals surface area contributed by atoms with Crippen molar-refractivity contribution in [3.63, 3.8) is 0 Å². The summed E-state index contributed by atoms with van der Waals surface area (Å²) in [6.07, 6.45) is 2.00. The second-order valence-corrected chi connectivity index (χ2v) is 5.03. The monoisotopic (exact) mass is 285 g/mol. The predicted octanol–water partition coefficient (Wildman–Crippen LogP) is 2.84. The van der Waals surface area contributed by atoms with Crippen LogP contribution in [0.4, 0.5) is 0 Å². The highest BCUT2D eigenvalue weighted by Gasteiger charge is 2.12. The maximum Gasteiger partial charge on any atom is 0.335 e. The van der Waals surface area contributed by atoms with Gasteiger partial charge < -0.3 is 5.11 Å². The zero-order valence-corrected chi connectivity index (χ0v) is 11.5. The lowest BCUT2D eigenvalue weighted by molar-refractivity contribution is 0.0697. The molecular weight excluding hydrogens is 274 g/mol. The molecule has 0 aliphatic heterocycles. The van der Waals surface area contributed by atoms with Gasteiger partial charge in [-0.1, -0.05) is 17.3 Å². The number of hydrogen-bond acceptors (Lipinski definition) is 4. The molecule has 20 heavy (non-hydrogen) atoms. The van der Waals surface area contributed by atoms with Gasteiger partial charge in [-0.15, -0.1) is 16.9 Å². The predicted molar refractivity (Wildman–Crippen MR) is 77.6 cm³/mol. The lowest BCUT2D eigenvalue weighted by atomic mass is 10.2. The molecule has 0 saturated heterocycles. The van der Waals surface area contributed by atoms with Gasteiger partial charge in [-0.25, -0.2) is 9.48 Å². The third-order valence-corrected chi connectivity index (χ3v) is 3.79. The fourth-order valence-corrected chi connectivity index (χ4v) is 2.62. The van der Waals surface area contributed by atoms with Crippen LogP contribution in [-0.2, 0) is 0 Å². The summed E-state index contributed by atoms with van der Waals surface area (Å²) in [5, 5.41) is 17.2. The molecule has 0 unspecified atom stereocenters. The summed E-state index contributed by atoms with van der Waals surface area (Å²) in [4.78, 5) is 12.0. The number of carbonyl (C=O) groups is 1. The standard InChI is InChI=1S/C14H11N3O2S/c1-20-13-5-3-2-4-12(13)17-11-7-6-9(14(18)19)8-10(11)15-16-17/h2-8H,1H3,(H,18,19). The number of hydrogen-bond donors (Lipinski definition) is 1. The molecule has 0 aliphatic carbocycles. The van der Waals surface area contributed by atoms with E-state index in [2.05, 4.69) is 10.3 Å². The summed E-state index contributed by atoms with van der Waals surface area (Å²) >= 11 is 1.63. The molecule has 1 heterocycles. The Kier molecular flexibility index (Phi) is 3.15. The van der Waals surface area contributed by atoms with Crippen LogP contribution in [0.25, 0.3) is 16.7 Å². The minimum Gasteiger partial charge on any atom is -0.478 e. The smallest absolute Gasteiger partial charge is 0.335 e. The van der Waals surface area contributed by atoms with Gasteiger partial charge in [0, 0.05) is 4.90 Å². The minimum atomic E-state index is -0.967. The molecule has 1 N–H and O–H groups in total. The zero-order valence-electron chi connectivity index (χ0n) is 10.6. The van der Waals surface area contributed by atoms with Crippen molar-refractivity contribution in [1.29, 1.82) is 0 Å². The van der Waals surface area contributed by atoms with Gasteiger partial charge in [0.15, 0.2) is 0 Å². The first-order valence-electron chi connectivity index (χ1n) is 5.93. The third kappa shape index (κ3) is 2.04. The van der Waals surface area contributed by atoms with E-state index >= 15 is 0 Å². The van der Waals surface area contributed by atoms with Crippen molar-refractivity contribution in [1.82, 2.24) is 15.0 Å². The van der Waals surface area contributed by atoms with Crippen LogP contribution in [0.2, 0.25) is 0 Å². The molecule has 1 aromatic heterocycles. The molecular formula is C14H11N3O2S. The Morgan fingerprint density at radius 3 is 2.80 bits per heavy atom. The first-order valence-corrected chi connectivity index (χ1v) is 7.15. The van der Waals surface area contributed by atoms with Gasteiger partial charge in [0.05, 0.1) is 16.8 Å². The quantitative estimate of drug-likeness (QED) is 0.749. The Labute approximate surface area is 119 Å². The summed E-state index contributed by atoms with van der Waals surface area (Å²) in [6, 6.07) is 12.7. The molecule has 6 heteroatoms. The number of aromatic carboxylic acids is 1. The Balaban J connectivity index is 2.20. The van der Waals surface area contributed by atoms with Gasteiger partial charge in [0.25, 0.3) is 0 Å². The molecule has 5 nitrogen and oxygen atoms in total. The van der Waals surface area contributed by atoms with Gasteiger partial charge in [0.1, 0.15) is 5.52 Å². The van der Waals surface area contributed by atoms with Crippen molar-refractivity contribution in [3.8, 4) is 5.69 Å². The molecule has 0 radical (unpaired) electrons. The number of carboxylic acids is 1. The van der Waals surface area contributed by atoms with Gasteiger partial charge >= 0.3 is 5.97 Å². The molecule has 100 valence electrons. The number of benzene rings is 2. The molecule has 2 aromatic carbocycles. The Morgan fingerprint density at radius 1 is 1.25 bits per heavy atom. The first-order chi connectivity index (χ1) is 9.70. The topological polar surface area (TPSA) is 68.0 Å². The van der Waals surface area contributed by atoms with Crippen molar-refractivity contribution in [2.45, 2.75) is 4.90 Å². The highest BCUT2D eigenvalue weighted by atomic mass is 32.2. The molecule has 3 rings (SSSR count). The lowest BCUT2D eigenvalue weighted by Crippen LogP contribution is -1.99. The molecule has 0 spiro atoms. The van der Waals surface area contributed by atoms with E-state index in [1.165, 1.54) is 6.07 Å². The molecule has 0 amide bonds. The largest absolute Gasteiger partial charge is 0.478 e. The summed E-state index contributed by atoms with van der Waals surface area (Å²) in [7, 11) is 0. The van der Waals surface area contributed by atoms with Crippen LogP contribution in [0, 0.1) is 0 Å². The maximum atomic E-state index is 11.0. The number of para-hydroxylation sites is 1. The van der Waals surface area contributed by atoms with Crippen molar-refractivity contribution in [2.75, 3.05) is 6.26 Å². The number of rotatable bonds is 3. The van der Waals surface area contributed by atoms with E-state index < -0.39 is 5.97 Å². The van der Waals surface area contributed by atoms with E-state index in [9.17, 15) is 4.79 Å². The second-order valence-electron chi connectivity index (χ2n) is 4.18. The van der Waals surface area contributed by atoms with Crippen LogP contribution in [0.15, 0.2) is 47.4 Å². The minimum absolute atomic E-state index is 0.211. The second kappa shape index (κ2) is 4.97. The van der Waals surface area contributed by atoms with Crippen LogP contribution in [0.3, 0.4) is 0 Å². The lowest BCUT2D eigenvalue weighted by Gasteiger charge is -2.07.